The van der Waals surface area contributed by atoms with E-state index in [0.29, 0.717) is 37.4 Å². The summed E-state index contributed by atoms with van der Waals surface area (Å²) in [7, 11) is -3.33. The number of amides is 1. The highest BCUT2D eigenvalue weighted by atomic mass is 32.2. The monoisotopic (exact) mass is 355 g/mol. The van der Waals surface area contributed by atoms with Crippen molar-refractivity contribution in [2.75, 3.05) is 35.6 Å². The number of nitrogens with two attached hydrogens (primary N) is 1. The highest BCUT2D eigenvalue weighted by molar-refractivity contribution is 7.92. The number of hydrogen-bond acceptors (Lipinski definition) is 5. The highest BCUT2D eigenvalue weighted by Gasteiger charge is 2.38. The van der Waals surface area contributed by atoms with Gasteiger partial charge in [0.05, 0.1) is 16.9 Å². The topological polar surface area (TPSA) is 111 Å². The maximum atomic E-state index is 12.6. The van der Waals surface area contributed by atoms with Crippen molar-refractivity contribution >= 4 is 27.3 Å². The number of hydrogen-bond donors (Lipinski definition) is 3. The summed E-state index contributed by atoms with van der Waals surface area (Å²) in [5, 5.41) is 2.90. The van der Waals surface area contributed by atoms with Gasteiger partial charge in [-0.2, -0.15) is 0 Å². The largest absolute Gasteiger partial charge is 0.381 e. The normalized spacial score (nSPS) is 17.3. The molecule has 0 radical (unpaired) electrons. The van der Waals surface area contributed by atoms with E-state index in [1.165, 1.54) is 0 Å². The minimum atomic E-state index is -3.33. The molecule has 134 valence electrons. The van der Waals surface area contributed by atoms with E-state index in [4.69, 9.17) is 10.5 Å². The number of aryl methyl sites for hydroxylation is 1. The molecule has 0 aromatic heterocycles. The Morgan fingerprint density at radius 2 is 2.00 bits per heavy atom. The maximum absolute atomic E-state index is 12.6. The van der Waals surface area contributed by atoms with Crippen LogP contribution in [0.4, 0.5) is 11.4 Å². The van der Waals surface area contributed by atoms with E-state index in [9.17, 15) is 13.2 Å². The quantitative estimate of drug-likeness (QED) is 0.715. The van der Waals surface area contributed by atoms with Gasteiger partial charge < -0.3 is 15.8 Å². The van der Waals surface area contributed by atoms with Crippen LogP contribution in [-0.2, 0) is 19.6 Å². The second-order valence-corrected chi connectivity index (χ2v) is 8.10. The molecule has 24 heavy (non-hydrogen) atoms. The van der Waals surface area contributed by atoms with Crippen molar-refractivity contribution in [3.63, 3.8) is 0 Å². The Bertz CT molecular complexity index is 697. The van der Waals surface area contributed by atoms with Gasteiger partial charge in [0, 0.05) is 25.4 Å². The number of rotatable bonds is 6. The molecule has 1 aliphatic rings. The van der Waals surface area contributed by atoms with Crippen LogP contribution in [0.3, 0.4) is 0 Å². The van der Waals surface area contributed by atoms with Crippen molar-refractivity contribution in [1.29, 1.82) is 0 Å². The van der Waals surface area contributed by atoms with Gasteiger partial charge in [-0.1, -0.05) is 0 Å². The molecule has 1 aromatic carbocycles. The number of sulfonamides is 1. The summed E-state index contributed by atoms with van der Waals surface area (Å²) in [5.41, 5.74) is 7.10. The molecule has 1 fully saturated rings. The van der Waals surface area contributed by atoms with Gasteiger partial charge in [0.1, 0.15) is 0 Å². The van der Waals surface area contributed by atoms with Gasteiger partial charge in [0.2, 0.25) is 15.9 Å². The molecule has 0 unspecified atom stereocenters. The van der Waals surface area contributed by atoms with Crippen LogP contribution in [0.25, 0.3) is 0 Å². The summed E-state index contributed by atoms with van der Waals surface area (Å²) < 4.78 is 31.2. The lowest BCUT2D eigenvalue weighted by molar-refractivity contribution is -0.130. The van der Waals surface area contributed by atoms with Gasteiger partial charge in [-0.05, 0) is 50.5 Å². The summed E-state index contributed by atoms with van der Waals surface area (Å²) in [4.78, 5) is 12.6. The van der Waals surface area contributed by atoms with Crippen LogP contribution in [0.1, 0.15) is 25.3 Å². The lowest BCUT2D eigenvalue weighted by Crippen LogP contribution is -2.46. The number of anilines is 2. The van der Waals surface area contributed by atoms with Gasteiger partial charge >= 0.3 is 0 Å². The molecule has 1 aromatic rings. The lowest BCUT2D eigenvalue weighted by Gasteiger charge is -2.34. The molecule has 0 spiro atoms. The molecule has 4 N–H and O–H groups in total. The van der Waals surface area contributed by atoms with Crippen LogP contribution in [-0.4, -0.2) is 39.8 Å². The summed E-state index contributed by atoms with van der Waals surface area (Å²) in [6, 6.07) is 5.08. The zero-order valence-electron chi connectivity index (χ0n) is 14.1. The molecular weight excluding hydrogens is 330 g/mol. The van der Waals surface area contributed by atoms with E-state index in [1.807, 2.05) is 0 Å². The second kappa shape index (κ2) is 7.50. The molecule has 0 atom stereocenters. The summed E-state index contributed by atoms with van der Waals surface area (Å²) in [5.74, 6) is -0.110. The molecule has 1 heterocycles. The SMILES string of the molecule is CCS(=O)(=O)Nc1ccc(NC(=O)C2(CN)CCOCC2)cc1C. The molecule has 0 saturated carbocycles. The fraction of sp³-hybridized carbons (Fsp3) is 0.562. The average molecular weight is 355 g/mol. The third kappa shape index (κ3) is 4.25. The Kier molecular flexibility index (Phi) is 5.84. The van der Waals surface area contributed by atoms with Crippen LogP contribution >= 0.6 is 0 Å². The Balaban J connectivity index is 2.13. The van der Waals surface area contributed by atoms with E-state index >= 15 is 0 Å². The number of benzene rings is 1. The van der Waals surface area contributed by atoms with Gasteiger partial charge in [-0.15, -0.1) is 0 Å². The van der Waals surface area contributed by atoms with Crippen LogP contribution < -0.4 is 15.8 Å². The zero-order valence-corrected chi connectivity index (χ0v) is 14.9. The smallest absolute Gasteiger partial charge is 0.232 e. The van der Waals surface area contributed by atoms with Crippen molar-refractivity contribution in [3.05, 3.63) is 23.8 Å². The van der Waals surface area contributed by atoms with Crippen LogP contribution in [0.2, 0.25) is 0 Å². The molecule has 7 nitrogen and oxygen atoms in total. The third-order valence-electron chi connectivity index (χ3n) is 4.45. The molecule has 0 aliphatic carbocycles. The number of carbonyl (C=O) groups excluding carboxylic acids is 1. The van der Waals surface area contributed by atoms with Crippen molar-refractivity contribution in [2.45, 2.75) is 26.7 Å². The first-order valence-electron chi connectivity index (χ1n) is 8.02. The van der Waals surface area contributed by atoms with E-state index in [1.54, 1.807) is 32.0 Å². The Hall–Kier alpha value is -1.64. The van der Waals surface area contributed by atoms with E-state index in [2.05, 4.69) is 10.0 Å². The minimum absolute atomic E-state index is 0.00597. The van der Waals surface area contributed by atoms with Crippen molar-refractivity contribution < 1.29 is 17.9 Å². The predicted molar refractivity (Wildman–Crippen MR) is 94.4 cm³/mol. The van der Waals surface area contributed by atoms with Crippen LogP contribution in [0.5, 0.6) is 0 Å². The third-order valence-corrected chi connectivity index (χ3v) is 5.74. The van der Waals surface area contributed by atoms with E-state index in [0.717, 1.165) is 5.56 Å². The number of ether oxygens (including phenoxy) is 1. The Labute approximate surface area is 143 Å². The van der Waals surface area contributed by atoms with Crippen molar-refractivity contribution in [2.24, 2.45) is 11.1 Å². The fourth-order valence-corrected chi connectivity index (χ4v) is 3.35. The van der Waals surface area contributed by atoms with E-state index in [-0.39, 0.29) is 18.2 Å². The number of nitrogens with one attached hydrogen (secondary N) is 2. The first-order chi connectivity index (χ1) is 11.3. The van der Waals surface area contributed by atoms with Crippen molar-refractivity contribution in [1.82, 2.24) is 0 Å². The standard InChI is InChI=1S/C16H25N3O4S/c1-3-24(21,22)19-14-5-4-13(10-12(14)2)18-15(20)16(11-17)6-8-23-9-7-16/h4-5,10,19H,3,6-9,11,17H2,1-2H3,(H,18,20). The molecule has 2 rings (SSSR count). The first kappa shape index (κ1) is 18.7. The molecule has 8 heteroatoms. The van der Waals surface area contributed by atoms with Gasteiger partial charge in [-0.3, -0.25) is 9.52 Å². The molecular formula is C16H25N3O4S. The predicted octanol–water partition coefficient (Wildman–Crippen LogP) is 1.45. The molecule has 1 amide bonds. The second-order valence-electron chi connectivity index (χ2n) is 6.09. The van der Waals surface area contributed by atoms with Crippen LogP contribution in [0.15, 0.2) is 18.2 Å². The Morgan fingerprint density at radius 1 is 1.33 bits per heavy atom. The van der Waals surface area contributed by atoms with E-state index < -0.39 is 15.4 Å². The highest BCUT2D eigenvalue weighted by Crippen LogP contribution is 2.31. The molecule has 0 bridgehead atoms. The van der Waals surface area contributed by atoms with Gasteiger partial charge in [-0.25, -0.2) is 8.42 Å². The number of carbonyl (C=O) groups is 1. The summed E-state index contributed by atoms with van der Waals surface area (Å²) in [6.45, 7) is 4.70. The Morgan fingerprint density at radius 3 is 2.54 bits per heavy atom. The first-order valence-corrected chi connectivity index (χ1v) is 9.67. The maximum Gasteiger partial charge on any atom is 0.232 e. The lowest BCUT2D eigenvalue weighted by atomic mass is 9.79. The summed E-state index contributed by atoms with van der Waals surface area (Å²) in [6.07, 6.45) is 1.20. The summed E-state index contributed by atoms with van der Waals surface area (Å²) >= 11 is 0. The average Bonchev–Trinajstić information content (AvgIpc) is 2.58. The van der Waals surface area contributed by atoms with Crippen molar-refractivity contribution in [3.8, 4) is 0 Å². The minimum Gasteiger partial charge on any atom is -0.381 e. The molecule has 1 saturated heterocycles. The van der Waals surface area contributed by atoms with Crippen LogP contribution in [0, 0.1) is 12.3 Å². The van der Waals surface area contributed by atoms with Gasteiger partial charge in [0.15, 0.2) is 0 Å². The van der Waals surface area contributed by atoms with Gasteiger partial charge in [0.25, 0.3) is 0 Å². The molecule has 1 aliphatic heterocycles. The zero-order chi connectivity index (χ0) is 17.8. The fourth-order valence-electron chi connectivity index (χ4n) is 2.65.